The van der Waals surface area contributed by atoms with Crippen LogP contribution in [0.15, 0.2) is 30.3 Å². The van der Waals surface area contributed by atoms with Gasteiger partial charge in [0.1, 0.15) is 5.75 Å². The van der Waals surface area contributed by atoms with E-state index in [1.807, 2.05) is 12.1 Å². The lowest BCUT2D eigenvalue weighted by Gasteiger charge is -2.19. The van der Waals surface area contributed by atoms with E-state index in [0.29, 0.717) is 11.5 Å². The standard InChI is InChI=1S/C22H25NO6/c1-26-19-11-16(22(25)28-3)17(12-20(19)27-2)23-21(24)13-29-18-10-6-8-14-7-4-5-9-15(14)18/h6,8,10-12H,4-5,7,9,13H2,1-3H3,(H,23,24). The Hall–Kier alpha value is -3.22. The van der Waals surface area contributed by atoms with Gasteiger partial charge in [-0.25, -0.2) is 4.79 Å². The number of fused-ring (bicyclic) bond motifs is 1. The Morgan fingerprint density at radius 3 is 2.41 bits per heavy atom. The van der Waals surface area contributed by atoms with Gasteiger partial charge >= 0.3 is 5.97 Å². The van der Waals surface area contributed by atoms with E-state index in [1.165, 1.54) is 51.0 Å². The molecule has 0 saturated carbocycles. The maximum atomic E-state index is 12.5. The van der Waals surface area contributed by atoms with Crippen molar-refractivity contribution in [2.24, 2.45) is 0 Å². The zero-order chi connectivity index (χ0) is 20.8. The summed E-state index contributed by atoms with van der Waals surface area (Å²) in [6.45, 7) is -0.175. The molecule has 0 heterocycles. The lowest BCUT2D eigenvalue weighted by molar-refractivity contribution is -0.118. The number of anilines is 1. The number of esters is 1. The Morgan fingerprint density at radius 1 is 0.966 bits per heavy atom. The van der Waals surface area contributed by atoms with Crippen LogP contribution in [0.2, 0.25) is 0 Å². The molecule has 0 radical (unpaired) electrons. The van der Waals surface area contributed by atoms with Gasteiger partial charge in [0.2, 0.25) is 0 Å². The Balaban J connectivity index is 1.76. The molecular weight excluding hydrogens is 374 g/mol. The van der Waals surface area contributed by atoms with Crippen LogP contribution in [0, 0.1) is 0 Å². The lowest BCUT2D eigenvalue weighted by atomic mass is 9.91. The van der Waals surface area contributed by atoms with Crippen molar-refractivity contribution in [2.45, 2.75) is 25.7 Å². The highest BCUT2D eigenvalue weighted by atomic mass is 16.5. The molecule has 0 spiro atoms. The molecule has 1 N–H and O–H groups in total. The van der Waals surface area contributed by atoms with Gasteiger partial charge in [-0.15, -0.1) is 0 Å². The molecule has 0 atom stereocenters. The number of carbonyl (C=O) groups excluding carboxylic acids is 2. The monoisotopic (exact) mass is 399 g/mol. The van der Waals surface area contributed by atoms with E-state index in [0.717, 1.165) is 25.0 Å². The van der Waals surface area contributed by atoms with Crippen LogP contribution < -0.4 is 19.5 Å². The van der Waals surface area contributed by atoms with Gasteiger partial charge in [0.05, 0.1) is 32.6 Å². The molecule has 3 rings (SSSR count). The fourth-order valence-corrected chi connectivity index (χ4v) is 3.47. The summed E-state index contributed by atoms with van der Waals surface area (Å²) < 4.78 is 21.1. The summed E-state index contributed by atoms with van der Waals surface area (Å²) >= 11 is 0. The van der Waals surface area contributed by atoms with E-state index < -0.39 is 11.9 Å². The van der Waals surface area contributed by atoms with E-state index >= 15 is 0 Å². The quantitative estimate of drug-likeness (QED) is 0.719. The average Bonchev–Trinajstić information content (AvgIpc) is 2.76. The second-order valence-electron chi connectivity index (χ2n) is 6.68. The molecule has 0 fully saturated rings. The number of benzene rings is 2. The third kappa shape index (κ3) is 4.62. The van der Waals surface area contributed by atoms with Crippen LogP contribution in [0.25, 0.3) is 0 Å². The van der Waals surface area contributed by atoms with E-state index in [9.17, 15) is 9.59 Å². The molecule has 2 aromatic carbocycles. The van der Waals surface area contributed by atoms with Crippen LogP contribution in [0.5, 0.6) is 17.2 Å². The molecule has 0 saturated heterocycles. The summed E-state index contributed by atoms with van der Waals surface area (Å²) in [6.07, 6.45) is 4.28. The Bertz CT molecular complexity index is 908. The first-order chi connectivity index (χ1) is 14.1. The fourth-order valence-electron chi connectivity index (χ4n) is 3.47. The van der Waals surface area contributed by atoms with Crippen molar-refractivity contribution in [3.63, 3.8) is 0 Å². The maximum absolute atomic E-state index is 12.5. The van der Waals surface area contributed by atoms with Crippen molar-refractivity contribution < 1.29 is 28.5 Å². The van der Waals surface area contributed by atoms with E-state index in [-0.39, 0.29) is 17.9 Å². The number of nitrogens with one attached hydrogen (secondary N) is 1. The molecule has 1 amide bonds. The highest BCUT2D eigenvalue weighted by Gasteiger charge is 2.20. The van der Waals surface area contributed by atoms with Gasteiger partial charge in [-0.3, -0.25) is 4.79 Å². The Morgan fingerprint density at radius 2 is 1.69 bits per heavy atom. The van der Waals surface area contributed by atoms with Crippen molar-refractivity contribution in [3.05, 3.63) is 47.0 Å². The number of methoxy groups -OCH3 is 3. The minimum absolute atomic E-state index is 0.163. The van der Waals surface area contributed by atoms with Crippen molar-refractivity contribution in [1.29, 1.82) is 0 Å². The first-order valence-electron chi connectivity index (χ1n) is 9.45. The van der Waals surface area contributed by atoms with Crippen LogP contribution in [0.1, 0.15) is 34.3 Å². The van der Waals surface area contributed by atoms with Gasteiger partial charge < -0.3 is 24.3 Å². The van der Waals surface area contributed by atoms with Crippen LogP contribution in [-0.4, -0.2) is 39.8 Å². The first kappa shape index (κ1) is 20.5. The molecule has 7 heteroatoms. The molecule has 0 aliphatic heterocycles. The fraction of sp³-hybridized carbons (Fsp3) is 0.364. The van der Waals surface area contributed by atoms with Gasteiger partial charge in [-0.05, 0) is 42.9 Å². The smallest absolute Gasteiger partial charge is 0.340 e. The minimum atomic E-state index is -0.598. The summed E-state index contributed by atoms with van der Waals surface area (Å²) in [4.78, 5) is 24.6. The topological polar surface area (TPSA) is 83.1 Å². The summed E-state index contributed by atoms with van der Waals surface area (Å²) in [7, 11) is 4.21. The van der Waals surface area contributed by atoms with Gasteiger partial charge in [-0.2, -0.15) is 0 Å². The first-order valence-corrected chi connectivity index (χ1v) is 9.45. The number of aryl methyl sites for hydroxylation is 1. The Kier molecular flexibility index (Phi) is 6.59. The summed E-state index contributed by atoms with van der Waals surface area (Å²) in [5, 5.41) is 2.70. The molecular formula is C22H25NO6. The number of rotatable bonds is 7. The number of amides is 1. The van der Waals surface area contributed by atoms with Gasteiger partial charge in [0, 0.05) is 12.1 Å². The number of hydrogen-bond acceptors (Lipinski definition) is 6. The average molecular weight is 399 g/mol. The van der Waals surface area contributed by atoms with E-state index in [1.54, 1.807) is 0 Å². The van der Waals surface area contributed by atoms with Crippen molar-refractivity contribution >= 4 is 17.6 Å². The SMILES string of the molecule is COC(=O)c1cc(OC)c(OC)cc1NC(=O)COc1cccc2c1CCCC2. The Labute approximate surface area is 169 Å². The van der Waals surface area contributed by atoms with E-state index in [2.05, 4.69) is 11.4 Å². The molecule has 7 nitrogen and oxygen atoms in total. The zero-order valence-corrected chi connectivity index (χ0v) is 16.9. The highest BCUT2D eigenvalue weighted by Crippen LogP contribution is 2.34. The van der Waals surface area contributed by atoms with Gasteiger partial charge in [0.25, 0.3) is 5.91 Å². The molecule has 0 aromatic heterocycles. The molecule has 154 valence electrons. The van der Waals surface area contributed by atoms with Crippen LogP contribution >= 0.6 is 0 Å². The van der Waals surface area contributed by atoms with E-state index in [4.69, 9.17) is 18.9 Å². The van der Waals surface area contributed by atoms with Crippen molar-refractivity contribution in [1.82, 2.24) is 0 Å². The zero-order valence-electron chi connectivity index (χ0n) is 16.9. The second kappa shape index (κ2) is 9.32. The summed E-state index contributed by atoms with van der Waals surface area (Å²) in [5.74, 6) is 0.486. The molecule has 1 aliphatic carbocycles. The third-order valence-electron chi connectivity index (χ3n) is 4.91. The normalized spacial score (nSPS) is 12.5. The van der Waals surface area contributed by atoms with Crippen LogP contribution in [0.4, 0.5) is 5.69 Å². The van der Waals surface area contributed by atoms with Crippen LogP contribution in [-0.2, 0) is 22.4 Å². The minimum Gasteiger partial charge on any atom is -0.493 e. The highest BCUT2D eigenvalue weighted by molar-refractivity contribution is 6.02. The molecule has 29 heavy (non-hydrogen) atoms. The van der Waals surface area contributed by atoms with Crippen molar-refractivity contribution in [2.75, 3.05) is 33.3 Å². The maximum Gasteiger partial charge on any atom is 0.340 e. The molecule has 1 aliphatic rings. The van der Waals surface area contributed by atoms with Gasteiger partial charge in [0.15, 0.2) is 18.1 Å². The molecule has 0 unspecified atom stereocenters. The predicted octanol–water partition coefficient (Wildman–Crippen LogP) is 3.39. The number of ether oxygens (including phenoxy) is 4. The molecule has 0 bridgehead atoms. The van der Waals surface area contributed by atoms with Crippen LogP contribution in [0.3, 0.4) is 0 Å². The number of hydrogen-bond donors (Lipinski definition) is 1. The van der Waals surface area contributed by atoms with Crippen molar-refractivity contribution in [3.8, 4) is 17.2 Å². The third-order valence-corrected chi connectivity index (χ3v) is 4.91. The molecule has 2 aromatic rings. The second-order valence-corrected chi connectivity index (χ2v) is 6.68. The lowest BCUT2D eigenvalue weighted by Crippen LogP contribution is -2.22. The number of carbonyl (C=O) groups is 2. The predicted molar refractivity (Wildman–Crippen MR) is 108 cm³/mol. The summed E-state index contributed by atoms with van der Waals surface area (Å²) in [6, 6.07) is 8.92. The summed E-state index contributed by atoms with van der Waals surface area (Å²) in [5.41, 5.74) is 2.88. The van der Waals surface area contributed by atoms with Gasteiger partial charge in [-0.1, -0.05) is 12.1 Å². The largest absolute Gasteiger partial charge is 0.493 e.